The first-order valence-corrected chi connectivity index (χ1v) is 7.41. The van der Waals surface area contributed by atoms with Gasteiger partial charge in [-0.1, -0.05) is 0 Å². The summed E-state index contributed by atoms with van der Waals surface area (Å²) in [6, 6.07) is 5.34. The molecule has 2 N–H and O–H groups in total. The lowest BCUT2D eigenvalue weighted by molar-refractivity contribution is 0.160. The summed E-state index contributed by atoms with van der Waals surface area (Å²) in [6.07, 6.45) is 0.0992. The fraction of sp³-hybridized carbons (Fsp3) is 0.500. The van der Waals surface area contributed by atoms with Crippen LogP contribution >= 0.6 is 7.82 Å². The highest BCUT2D eigenvalue weighted by Crippen LogP contribution is 2.35. The topological polar surface area (TPSA) is 85.2 Å². The highest BCUT2D eigenvalue weighted by atomic mass is 31.2. The third-order valence-corrected chi connectivity index (χ3v) is 2.64. The summed E-state index contributed by atoms with van der Waals surface area (Å²) in [5.41, 5.74) is 0.933. The Hall–Kier alpha value is -1.07. The minimum absolute atomic E-state index is 0.0644. The Balaban J connectivity index is 2.48. The molecule has 0 amide bonds. The molecule has 108 valence electrons. The molecule has 19 heavy (non-hydrogen) atoms. The first kappa shape index (κ1) is 16.0. The molecule has 0 bridgehead atoms. The fourth-order valence-electron chi connectivity index (χ4n) is 1.41. The number of rotatable bonds is 7. The van der Waals surface area contributed by atoms with Gasteiger partial charge in [0.1, 0.15) is 18.1 Å². The Kier molecular flexibility index (Phi) is 5.82. The Morgan fingerprint density at radius 2 is 1.95 bits per heavy atom. The number of benzene rings is 1. The van der Waals surface area contributed by atoms with Crippen LogP contribution in [-0.4, -0.2) is 29.1 Å². The molecule has 0 radical (unpaired) electrons. The molecule has 6 nitrogen and oxygen atoms in total. The second-order valence-corrected chi connectivity index (χ2v) is 5.51. The van der Waals surface area contributed by atoms with E-state index in [-0.39, 0.29) is 19.3 Å². The number of phosphoric acid groups is 1. The van der Waals surface area contributed by atoms with E-state index in [1.54, 1.807) is 18.2 Å². The molecule has 0 aliphatic carbocycles. The summed E-state index contributed by atoms with van der Waals surface area (Å²) in [5, 5.41) is 0. The van der Waals surface area contributed by atoms with E-state index in [9.17, 15) is 4.57 Å². The van der Waals surface area contributed by atoms with Crippen molar-refractivity contribution in [2.24, 2.45) is 0 Å². The zero-order chi connectivity index (χ0) is 14.5. The predicted molar refractivity (Wildman–Crippen MR) is 70.4 cm³/mol. The van der Waals surface area contributed by atoms with E-state index >= 15 is 0 Å². The minimum atomic E-state index is -4.42. The van der Waals surface area contributed by atoms with Crippen molar-refractivity contribution in [3.8, 4) is 11.5 Å². The van der Waals surface area contributed by atoms with E-state index in [1.165, 1.54) is 0 Å². The van der Waals surface area contributed by atoms with Crippen molar-refractivity contribution in [2.45, 2.75) is 26.9 Å². The lowest BCUT2D eigenvalue weighted by Gasteiger charge is -2.14. The smallest absolute Gasteiger partial charge is 0.469 e. The SMILES string of the molecule is Cc1cc(OCCOP(=O)(O)O)ccc1OC(C)C. The van der Waals surface area contributed by atoms with Crippen LogP contribution in [0.5, 0.6) is 11.5 Å². The second kappa shape index (κ2) is 6.91. The lowest BCUT2D eigenvalue weighted by Crippen LogP contribution is -2.08. The van der Waals surface area contributed by atoms with E-state index in [2.05, 4.69) is 4.52 Å². The molecule has 0 aromatic heterocycles. The number of hydrogen-bond donors (Lipinski definition) is 2. The highest BCUT2D eigenvalue weighted by molar-refractivity contribution is 7.46. The van der Waals surface area contributed by atoms with Gasteiger partial charge in [-0.15, -0.1) is 0 Å². The third-order valence-electron chi connectivity index (χ3n) is 2.12. The molecule has 0 heterocycles. The van der Waals surface area contributed by atoms with E-state index < -0.39 is 7.82 Å². The molecule has 1 aromatic carbocycles. The van der Waals surface area contributed by atoms with Gasteiger partial charge in [0, 0.05) is 0 Å². The molecule has 1 aromatic rings. The zero-order valence-electron chi connectivity index (χ0n) is 11.2. The molecule has 0 saturated carbocycles. The highest BCUT2D eigenvalue weighted by Gasteiger charge is 2.13. The molecule has 7 heteroatoms. The first-order chi connectivity index (χ1) is 8.78. The van der Waals surface area contributed by atoms with Gasteiger partial charge in [-0.25, -0.2) is 4.57 Å². The summed E-state index contributed by atoms with van der Waals surface area (Å²) in [7, 11) is -4.42. The Morgan fingerprint density at radius 3 is 2.47 bits per heavy atom. The van der Waals surface area contributed by atoms with Crippen LogP contribution in [0, 0.1) is 6.92 Å². The van der Waals surface area contributed by atoms with E-state index in [1.807, 2.05) is 20.8 Å². The lowest BCUT2D eigenvalue weighted by atomic mass is 10.2. The van der Waals surface area contributed by atoms with E-state index in [0.717, 1.165) is 11.3 Å². The maximum atomic E-state index is 10.4. The van der Waals surface area contributed by atoms with Gasteiger partial charge in [-0.05, 0) is 44.5 Å². The summed E-state index contributed by atoms with van der Waals surface area (Å²) in [6.45, 7) is 5.69. The molecular formula is C12H19O6P. The standard InChI is InChI=1S/C12H19O6P/c1-9(2)18-12-5-4-11(8-10(12)3)16-6-7-17-19(13,14)15/h4-5,8-9H,6-7H2,1-3H3,(H2,13,14,15). The van der Waals surface area contributed by atoms with Gasteiger partial charge < -0.3 is 19.3 Å². The molecule has 0 fully saturated rings. The van der Waals surface area contributed by atoms with Gasteiger partial charge >= 0.3 is 7.82 Å². The van der Waals surface area contributed by atoms with Crippen LogP contribution in [0.25, 0.3) is 0 Å². The van der Waals surface area contributed by atoms with Crippen molar-refractivity contribution in [2.75, 3.05) is 13.2 Å². The van der Waals surface area contributed by atoms with Crippen molar-refractivity contribution < 1.29 is 28.3 Å². The van der Waals surface area contributed by atoms with E-state index in [4.69, 9.17) is 19.3 Å². The normalized spacial score (nSPS) is 11.7. The summed E-state index contributed by atoms with van der Waals surface area (Å²) in [4.78, 5) is 17.0. The number of aryl methyl sites for hydroxylation is 1. The summed E-state index contributed by atoms with van der Waals surface area (Å²) >= 11 is 0. The number of ether oxygens (including phenoxy) is 2. The summed E-state index contributed by atoms with van der Waals surface area (Å²) in [5.74, 6) is 1.39. The van der Waals surface area contributed by atoms with Crippen LogP contribution < -0.4 is 9.47 Å². The van der Waals surface area contributed by atoms with Gasteiger partial charge in [0.2, 0.25) is 0 Å². The fourth-order valence-corrected chi connectivity index (χ4v) is 1.73. The summed E-state index contributed by atoms with van der Waals surface area (Å²) < 4.78 is 25.6. The number of phosphoric ester groups is 1. The van der Waals surface area contributed by atoms with Crippen molar-refractivity contribution in [3.05, 3.63) is 23.8 Å². The molecule has 0 unspecified atom stereocenters. The van der Waals surface area contributed by atoms with Crippen LogP contribution in [0.2, 0.25) is 0 Å². The Bertz CT molecular complexity index is 454. The maximum absolute atomic E-state index is 10.4. The van der Waals surface area contributed by atoms with Crippen molar-refractivity contribution in [3.63, 3.8) is 0 Å². The van der Waals surface area contributed by atoms with Gasteiger partial charge in [0.25, 0.3) is 0 Å². The van der Waals surface area contributed by atoms with Crippen LogP contribution in [0.1, 0.15) is 19.4 Å². The average Bonchev–Trinajstić information content (AvgIpc) is 2.26. The molecule has 0 atom stereocenters. The quantitative estimate of drug-likeness (QED) is 0.592. The molecular weight excluding hydrogens is 271 g/mol. The first-order valence-electron chi connectivity index (χ1n) is 5.88. The van der Waals surface area contributed by atoms with Crippen molar-refractivity contribution in [1.29, 1.82) is 0 Å². The van der Waals surface area contributed by atoms with Crippen molar-refractivity contribution in [1.82, 2.24) is 0 Å². The van der Waals surface area contributed by atoms with E-state index in [0.29, 0.717) is 5.75 Å². The van der Waals surface area contributed by atoms with Gasteiger partial charge in [-0.2, -0.15) is 0 Å². The van der Waals surface area contributed by atoms with Gasteiger partial charge in [0.05, 0.1) is 12.7 Å². The largest absolute Gasteiger partial charge is 0.491 e. The molecule has 1 rings (SSSR count). The number of hydrogen-bond acceptors (Lipinski definition) is 4. The average molecular weight is 290 g/mol. The van der Waals surface area contributed by atoms with Crippen molar-refractivity contribution >= 4 is 7.82 Å². The second-order valence-electron chi connectivity index (χ2n) is 4.27. The molecule has 0 spiro atoms. The Morgan fingerprint density at radius 1 is 1.26 bits per heavy atom. The van der Waals surface area contributed by atoms with Crippen LogP contribution in [0.15, 0.2) is 18.2 Å². The minimum Gasteiger partial charge on any atom is -0.491 e. The van der Waals surface area contributed by atoms with Crippen LogP contribution in [0.4, 0.5) is 0 Å². The predicted octanol–water partition coefficient (Wildman–Crippen LogP) is 2.27. The Labute approximate surface area is 112 Å². The zero-order valence-corrected chi connectivity index (χ0v) is 12.1. The molecule has 0 saturated heterocycles. The monoisotopic (exact) mass is 290 g/mol. The van der Waals surface area contributed by atoms with Gasteiger partial charge in [-0.3, -0.25) is 4.52 Å². The maximum Gasteiger partial charge on any atom is 0.469 e. The molecule has 0 aliphatic heterocycles. The van der Waals surface area contributed by atoms with Gasteiger partial charge in [0.15, 0.2) is 0 Å². The van der Waals surface area contributed by atoms with Crippen LogP contribution in [0.3, 0.4) is 0 Å². The molecule has 0 aliphatic rings. The van der Waals surface area contributed by atoms with Crippen LogP contribution in [-0.2, 0) is 9.09 Å². The third kappa shape index (κ3) is 6.59.